The topological polar surface area (TPSA) is 48.0 Å². The fourth-order valence-electron chi connectivity index (χ4n) is 3.64. The molecule has 0 unspecified atom stereocenters. The molecule has 2 aliphatic heterocycles. The molecule has 3 rings (SSSR count). The Kier molecular flexibility index (Phi) is 5.33. The summed E-state index contributed by atoms with van der Waals surface area (Å²) in [6.45, 7) is 2.80. The molecule has 0 radical (unpaired) electrons. The van der Waals surface area contributed by atoms with Crippen LogP contribution >= 0.6 is 11.6 Å². The minimum atomic E-state index is -0.183. The Morgan fingerprint density at radius 2 is 2.21 bits per heavy atom. The maximum Gasteiger partial charge on any atom is 0.255 e. The highest BCUT2D eigenvalue weighted by Crippen LogP contribution is 2.39. The van der Waals surface area contributed by atoms with Crippen molar-refractivity contribution < 1.29 is 19.0 Å². The summed E-state index contributed by atoms with van der Waals surface area (Å²) in [6.07, 6.45) is 3.12. The van der Waals surface area contributed by atoms with E-state index in [0.29, 0.717) is 35.3 Å². The highest BCUT2D eigenvalue weighted by atomic mass is 35.5. The van der Waals surface area contributed by atoms with Gasteiger partial charge in [0.15, 0.2) is 0 Å². The number of halogens is 1. The second-order valence-corrected chi connectivity index (χ2v) is 7.09. The number of nitrogens with zero attached hydrogens (tertiary/aromatic N) is 1. The van der Waals surface area contributed by atoms with Crippen LogP contribution in [0.5, 0.6) is 5.75 Å². The largest absolute Gasteiger partial charge is 0.497 e. The summed E-state index contributed by atoms with van der Waals surface area (Å²) in [7, 11) is 3.31. The molecule has 1 aromatic carbocycles. The number of carbonyl (C=O) groups is 1. The zero-order chi connectivity index (χ0) is 17.2. The highest BCUT2D eigenvalue weighted by Gasteiger charge is 2.49. The first-order valence-electron chi connectivity index (χ1n) is 8.32. The van der Waals surface area contributed by atoms with Gasteiger partial charge in [0, 0.05) is 20.3 Å². The van der Waals surface area contributed by atoms with E-state index >= 15 is 0 Å². The molecule has 0 aromatic heterocycles. The zero-order valence-electron chi connectivity index (χ0n) is 14.2. The third-order valence-electron chi connectivity index (χ3n) is 4.97. The van der Waals surface area contributed by atoms with Crippen molar-refractivity contribution in [3.63, 3.8) is 0 Å². The van der Waals surface area contributed by atoms with Crippen LogP contribution in [0.2, 0.25) is 5.02 Å². The molecule has 1 amide bonds. The molecule has 0 N–H and O–H groups in total. The molecule has 2 fully saturated rings. The summed E-state index contributed by atoms with van der Waals surface area (Å²) < 4.78 is 16.4. The maximum absolute atomic E-state index is 12.7. The van der Waals surface area contributed by atoms with Crippen LogP contribution in [-0.2, 0) is 9.47 Å². The fraction of sp³-hybridized carbons (Fsp3) is 0.611. The van der Waals surface area contributed by atoms with Crippen LogP contribution in [0.3, 0.4) is 0 Å². The van der Waals surface area contributed by atoms with Crippen molar-refractivity contribution in [3.8, 4) is 5.75 Å². The molecule has 1 atom stereocenters. The first-order valence-corrected chi connectivity index (χ1v) is 8.70. The third-order valence-corrected chi connectivity index (χ3v) is 5.30. The lowest BCUT2D eigenvalue weighted by atomic mass is 9.79. The lowest BCUT2D eigenvalue weighted by Crippen LogP contribution is -2.66. The summed E-state index contributed by atoms with van der Waals surface area (Å²) in [4.78, 5) is 14.5. The Labute approximate surface area is 147 Å². The molecular weight excluding hydrogens is 330 g/mol. The molecule has 132 valence electrons. The van der Waals surface area contributed by atoms with Gasteiger partial charge in [-0.25, -0.2) is 0 Å². The summed E-state index contributed by atoms with van der Waals surface area (Å²) in [6, 6.07) is 5.14. The van der Waals surface area contributed by atoms with Gasteiger partial charge >= 0.3 is 0 Å². The van der Waals surface area contributed by atoms with E-state index in [9.17, 15) is 4.79 Å². The minimum absolute atomic E-state index is 0.0628. The van der Waals surface area contributed by atoms with Gasteiger partial charge in [-0.3, -0.25) is 4.79 Å². The van der Waals surface area contributed by atoms with E-state index in [0.717, 1.165) is 32.5 Å². The van der Waals surface area contributed by atoms with Gasteiger partial charge in [-0.15, -0.1) is 0 Å². The van der Waals surface area contributed by atoms with Crippen LogP contribution in [-0.4, -0.2) is 56.9 Å². The van der Waals surface area contributed by atoms with E-state index in [1.165, 1.54) is 0 Å². The summed E-state index contributed by atoms with van der Waals surface area (Å²) in [5.41, 5.74) is 0.301. The van der Waals surface area contributed by atoms with Crippen LogP contribution in [0.15, 0.2) is 18.2 Å². The Morgan fingerprint density at radius 1 is 1.42 bits per heavy atom. The molecule has 2 aliphatic rings. The number of methoxy groups -OCH3 is 2. The number of benzene rings is 1. The van der Waals surface area contributed by atoms with Crippen LogP contribution < -0.4 is 4.74 Å². The molecule has 1 aromatic rings. The molecule has 24 heavy (non-hydrogen) atoms. The van der Waals surface area contributed by atoms with Gasteiger partial charge in [0.25, 0.3) is 5.91 Å². The van der Waals surface area contributed by atoms with Gasteiger partial charge in [0.05, 0.1) is 30.8 Å². The van der Waals surface area contributed by atoms with Gasteiger partial charge in [0.2, 0.25) is 0 Å². The predicted octanol–water partition coefficient (Wildman–Crippen LogP) is 3.01. The number of amides is 1. The zero-order valence-corrected chi connectivity index (χ0v) is 15.0. The van der Waals surface area contributed by atoms with E-state index in [4.69, 9.17) is 25.8 Å². The van der Waals surface area contributed by atoms with Crippen LogP contribution in [0, 0.1) is 5.92 Å². The van der Waals surface area contributed by atoms with Gasteiger partial charge in [-0.1, -0.05) is 11.6 Å². The van der Waals surface area contributed by atoms with Crippen molar-refractivity contribution in [3.05, 3.63) is 28.8 Å². The Balaban J connectivity index is 1.62. The van der Waals surface area contributed by atoms with E-state index in [1.54, 1.807) is 37.3 Å². The van der Waals surface area contributed by atoms with Crippen molar-refractivity contribution in [2.75, 3.05) is 40.5 Å². The molecule has 2 saturated heterocycles. The Bertz CT molecular complexity index is 601. The smallest absolute Gasteiger partial charge is 0.255 e. The minimum Gasteiger partial charge on any atom is -0.497 e. The monoisotopic (exact) mass is 353 g/mol. The summed E-state index contributed by atoms with van der Waals surface area (Å²) in [5, 5.41) is 0.448. The first-order chi connectivity index (χ1) is 11.6. The maximum atomic E-state index is 12.7. The van der Waals surface area contributed by atoms with Crippen molar-refractivity contribution in [1.29, 1.82) is 0 Å². The average Bonchev–Trinajstić information content (AvgIpc) is 2.58. The predicted molar refractivity (Wildman–Crippen MR) is 91.8 cm³/mol. The first kappa shape index (κ1) is 17.5. The van der Waals surface area contributed by atoms with Crippen molar-refractivity contribution in [2.24, 2.45) is 5.92 Å². The van der Waals surface area contributed by atoms with Gasteiger partial charge in [-0.2, -0.15) is 0 Å². The summed E-state index contributed by atoms with van der Waals surface area (Å²) >= 11 is 6.18. The SMILES string of the molecule is COCC[C@@H]1CCOC2(C1)CN(C(=O)c1cc(OC)ccc1Cl)C2. The van der Waals surface area contributed by atoms with E-state index in [2.05, 4.69) is 0 Å². The number of carbonyl (C=O) groups excluding carboxylic acids is 1. The normalized spacial score (nSPS) is 22.3. The van der Waals surface area contributed by atoms with Gasteiger partial charge < -0.3 is 19.1 Å². The van der Waals surface area contributed by atoms with Crippen LogP contribution in [0.4, 0.5) is 0 Å². The lowest BCUT2D eigenvalue weighted by molar-refractivity contribution is -0.167. The number of hydrogen-bond donors (Lipinski definition) is 0. The molecule has 2 heterocycles. The number of likely N-dealkylation sites (tertiary alicyclic amines) is 1. The Hall–Kier alpha value is -1.30. The number of rotatable bonds is 5. The fourth-order valence-corrected chi connectivity index (χ4v) is 3.84. The summed E-state index contributed by atoms with van der Waals surface area (Å²) in [5.74, 6) is 1.18. The van der Waals surface area contributed by atoms with Crippen LogP contribution in [0.1, 0.15) is 29.6 Å². The van der Waals surface area contributed by atoms with Crippen LogP contribution in [0.25, 0.3) is 0 Å². The standard InChI is InChI=1S/C18H24ClNO4/c1-22-7-5-13-6-8-24-18(10-13)11-20(12-18)17(21)15-9-14(23-2)3-4-16(15)19/h3-4,9,13H,5-8,10-12H2,1-2H3/t13-/m1/s1. The molecule has 6 heteroatoms. The van der Waals surface area contributed by atoms with E-state index in [1.807, 2.05) is 0 Å². The second-order valence-electron chi connectivity index (χ2n) is 6.68. The van der Waals surface area contributed by atoms with Crippen molar-refractivity contribution in [1.82, 2.24) is 4.90 Å². The average molecular weight is 354 g/mol. The van der Waals surface area contributed by atoms with Crippen molar-refractivity contribution >= 4 is 17.5 Å². The number of hydrogen-bond acceptors (Lipinski definition) is 4. The lowest BCUT2D eigenvalue weighted by Gasteiger charge is -2.53. The molecule has 0 aliphatic carbocycles. The number of ether oxygens (including phenoxy) is 3. The third kappa shape index (κ3) is 3.53. The van der Waals surface area contributed by atoms with Gasteiger partial charge in [-0.05, 0) is 43.4 Å². The molecule has 0 bridgehead atoms. The van der Waals surface area contributed by atoms with Crippen molar-refractivity contribution in [2.45, 2.75) is 24.9 Å². The highest BCUT2D eigenvalue weighted by molar-refractivity contribution is 6.33. The van der Waals surface area contributed by atoms with E-state index in [-0.39, 0.29) is 11.5 Å². The molecule has 0 saturated carbocycles. The van der Waals surface area contributed by atoms with Gasteiger partial charge in [0.1, 0.15) is 11.4 Å². The Morgan fingerprint density at radius 3 is 2.92 bits per heavy atom. The van der Waals surface area contributed by atoms with E-state index < -0.39 is 0 Å². The quantitative estimate of drug-likeness (QED) is 0.816. The molecular formula is C18H24ClNO4. The molecule has 5 nitrogen and oxygen atoms in total. The molecule has 1 spiro atoms. The second kappa shape index (κ2) is 7.30.